The molecule has 0 aliphatic carbocycles. The smallest absolute Gasteiger partial charge is 0.306 e. The van der Waals surface area contributed by atoms with Crippen LogP contribution in [0, 0.1) is 0 Å². The monoisotopic (exact) mass is 604 g/mol. The number of rotatable bonds is 12. The molecule has 1 heterocycles. The summed E-state index contributed by atoms with van der Waals surface area (Å²) in [5.41, 5.74) is 3.18. The van der Waals surface area contributed by atoms with Crippen LogP contribution in [0.4, 0.5) is 8.78 Å². The van der Waals surface area contributed by atoms with Crippen LogP contribution in [-0.2, 0) is 15.9 Å². The van der Waals surface area contributed by atoms with Crippen LogP contribution in [0.2, 0.25) is 5.04 Å². The van der Waals surface area contributed by atoms with Crippen molar-refractivity contribution < 1.29 is 18.3 Å². The van der Waals surface area contributed by atoms with E-state index in [0.717, 1.165) is 5.56 Å². The molecule has 0 bridgehead atoms. The number of hydrogen-bond acceptors (Lipinski definition) is 4. The maximum Gasteiger partial charge on any atom is 0.306 e. The lowest BCUT2D eigenvalue weighted by Crippen LogP contribution is -2.63. The third-order valence-corrected chi connectivity index (χ3v) is 13.4. The van der Waals surface area contributed by atoms with Gasteiger partial charge in [-0.3, -0.25) is 4.57 Å². The number of aromatic nitrogens is 2. The quantitative estimate of drug-likeness (QED) is 0.101. The zero-order valence-corrected chi connectivity index (χ0v) is 26.1. The summed E-state index contributed by atoms with van der Waals surface area (Å²) in [6, 6.07) is 30.4. The normalized spacial score (nSPS) is 13.3. The molecular weight excluding hydrogens is 567 g/mol. The van der Waals surface area contributed by atoms with Gasteiger partial charge in [-0.1, -0.05) is 124 Å². The molecule has 0 aliphatic rings. The minimum absolute atomic E-state index is 0.0530. The van der Waals surface area contributed by atoms with Crippen molar-refractivity contribution in [2.75, 3.05) is 13.2 Å². The number of nitrogens with zero attached hydrogens (tertiary/aromatic N) is 2. The first-order valence-corrected chi connectivity index (χ1v) is 16.6. The largest absolute Gasteiger partial charge is 0.461 e. The van der Waals surface area contributed by atoms with Gasteiger partial charge in [-0.15, -0.1) is 0 Å². The van der Waals surface area contributed by atoms with Crippen LogP contribution < -0.4 is 10.4 Å². The van der Waals surface area contributed by atoms with Crippen LogP contribution in [0.5, 0.6) is 0 Å². The number of alkyl halides is 2. The molecule has 42 heavy (non-hydrogen) atoms. The average molecular weight is 605 g/mol. The van der Waals surface area contributed by atoms with E-state index in [1.807, 2.05) is 48.5 Å². The average Bonchev–Trinajstić information content (AvgIpc) is 3.53. The van der Waals surface area contributed by atoms with E-state index in [1.165, 1.54) is 27.5 Å². The minimum Gasteiger partial charge on any atom is -0.461 e. The van der Waals surface area contributed by atoms with Crippen molar-refractivity contribution in [3.63, 3.8) is 0 Å². The van der Waals surface area contributed by atoms with Crippen LogP contribution in [0.25, 0.3) is 0 Å². The Hall–Kier alpha value is -3.46. The Morgan fingerprint density at radius 2 is 1.50 bits per heavy atom. The van der Waals surface area contributed by atoms with Crippen molar-refractivity contribution in [2.24, 2.45) is 0 Å². The van der Waals surface area contributed by atoms with E-state index in [4.69, 9.17) is 21.7 Å². The highest BCUT2D eigenvalue weighted by atomic mass is 32.1. The number of ether oxygens (including phenoxy) is 2. The molecule has 4 rings (SSSR count). The van der Waals surface area contributed by atoms with Gasteiger partial charge in [0.05, 0.1) is 6.61 Å². The minimum atomic E-state index is -3.27. The van der Waals surface area contributed by atoms with Crippen molar-refractivity contribution in [1.29, 1.82) is 0 Å². The molecule has 1 atom stereocenters. The SMILES string of the molecule is CC(C)(C)[Si](/C=C\COCC(F)(F)C(CCc1ccccc1)OC(=S)n1ccnc1)(c1ccccc1)c1ccccc1. The molecule has 1 unspecified atom stereocenters. The predicted molar refractivity (Wildman–Crippen MR) is 172 cm³/mol. The molecule has 0 aliphatic heterocycles. The van der Waals surface area contributed by atoms with E-state index >= 15 is 8.78 Å². The topological polar surface area (TPSA) is 36.3 Å². The molecule has 4 nitrogen and oxygen atoms in total. The molecule has 1 aromatic heterocycles. The van der Waals surface area contributed by atoms with Crippen molar-refractivity contribution in [3.8, 4) is 0 Å². The highest BCUT2D eigenvalue weighted by Crippen LogP contribution is 2.37. The fourth-order valence-electron chi connectivity index (χ4n) is 5.31. The molecular formula is C34H38F2N2O2SSi. The van der Waals surface area contributed by atoms with Crippen molar-refractivity contribution in [1.82, 2.24) is 9.55 Å². The van der Waals surface area contributed by atoms with Gasteiger partial charge in [0.15, 0.2) is 6.10 Å². The van der Waals surface area contributed by atoms with E-state index < -0.39 is 26.7 Å². The molecule has 0 amide bonds. The summed E-state index contributed by atoms with van der Waals surface area (Å²) in [7, 11) is -2.47. The molecule has 0 radical (unpaired) electrons. The summed E-state index contributed by atoms with van der Waals surface area (Å²) in [6.07, 6.45) is 5.46. The Morgan fingerprint density at radius 3 is 2.02 bits per heavy atom. The molecule has 8 heteroatoms. The van der Waals surface area contributed by atoms with Crippen LogP contribution in [0.3, 0.4) is 0 Å². The lowest BCUT2D eigenvalue weighted by Gasteiger charge is -2.42. The lowest BCUT2D eigenvalue weighted by atomic mass is 10.0. The van der Waals surface area contributed by atoms with Gasteiger partial charge in [0.25, 0.3) is 5.17 Å². The third kappa shape index (κ3) is 7.67. The van der Waals surface area contributed by atoms with Crippen LogP contribution in [-0.4, -0.2) is 48.0 Å². The third-order valence-electron chi connectivity index (χ3n) is 7.49. The molecule has 0 N–H and O–H groups in total. The first-order chi connectivity index (χ1) is 20.1. The van der Waals surface area contributed by atoms with Gasteiger partial charge in [0, 0.05) is 12.4 Å². The fraction of sp³-hybridized carbons (Fsp3) is 0.294. The summed E-state index contributed by atoms with van der Waals surface area (Å²) >= 11 is 5.29. The van der Waals surface area contributed by atoms with E-state index in [-0.39, 0.29) is 23.2 Å². The van der Waals surface area contributed by atoms with Crippen LogP contribution in [0.1, 0.15) is 32.8 Å². The van der Waals surface area contributed by atoms with Crippen LogP contribution >= 0.6 is 12.2 Å². The van der Waals surface area contributed by atoms with Crippen molar-refractivity contribution in [3.05, 3.63) is 127 Å². The van der Waals surface area contributed by atoms with Gasteiger partial charge in [-0.05, 0) is 46.0 Å². The predicted octanol–water partition coefficient (Wildman–Crippen LogP) is 6.84. The summed E-state index contributed by atoms with van der Waals surface area (Å²) in [5, 5.41) is 2.35. The Morgan fingerprint density at radius 1 is 0.929 bits per heavy atom. The molecule has 0 fully saturated rings. The molecule has 0 saturated carbocycles. The molecule has 0 saturated heterocycles. The summed E-state index contributed by atoms with van der Waals surface area (Å²) in [5.74, 6) is -3.27. The van der Waals surface area contributed by atoms with Gasteiger partial charge in [0.2, 0.25) is 0 Å². The number of halogens is 2. The number of imidazole rings is 1. The zero-order chi connectivity index (χ0) is 30.1. The van der Waals surface area contributed by atoms with E-state index in [1.54, 1.807) is 6.20 Å². The maximum atomic E-state index is 15.6. The number of hydrogen-bond donors (Lipinski definition) is 0. The van der Waals surface area contributed by atoms with Crippen molar-refractivity contribution >= 4 is 35.8 Å². The number of thiocarbonyl (C=S) groups is 1. The first kappa shape index (κ1) is 31.5. The summed E-state index contributed by atoms with van der Waals surface area (Å²) < 4.78 is 44.0. The summed E-state index contributed by atoms with van der Waals surface area (Å²) in [4.78, 5) is 3.94. The van der Waals surface area contributed by atoms with Gasteiger partial charge in [0.1, 0.15) is 21.0 Å². The van der Waals surface area contributed by atoms with Gasteiger partial charge >= 0.3 is 5.92 Å². The second kappa shape index (κ2) is 14.1. The van der Waals surface area contributed by atoms with Gasteiger partial charge < -0.3 is 9.47 Å². The summed E-state index contributed by atoms with van der Waals surface area (Å²) in [6.45, 7) is 6.00. The second-order valence-electron chi connectivity index (χ2n) is 11.3. The number of aryl methyl sites for hydroxylation is 1. The second-order valence-corrected chi connectivity index (χ2v) is 16.3. The molecule has 3 aromatic carbocycles. The lowest BCUT2D eigenvalue weighted by molar-refractivity contribution is -0.144. The Bertz CT molecular complexity index is 1370. The standard InChI is InChI=1S/C34H38F2N2O2SSi/c1-33(2,3)42(29-16-9-5-10-17-29,30-18-11-6-12-19-30)25-13-24-39-26-34(35,36)31(21-20-28-14-7-4-8-15-28)40-32(41)38-23-22-37-27-38/h4-19,22-23,25,27,31H,20-21,24,26H2,1-3H3/b25-13-. The highest BCUT2D eigenvalue weighted by Gasteiger charge is 2.45. The first-order valence-electron chi connectivity index (χ1n) is 14.1. The Labute approximate surface area is 254 Å². The molecule has 4 aromatic rings. The van der Waals surface area contributed by atoms with E-state index in [2.05, 4.69) is 80.0 Å². The highest BCUT2D eigenvalue weighted by molar-refractivity contribution is 7.80. The Kier molecular flexibility index (Phi) is 10.6. The van der Waals surface area contributed by atoms with E-state index in [9.17, 15) is 0 Å². The molecule has 0 spiro atoms. The van der Waals surface area contributed by atoms with Gasteiger partial charge in [-0.2, -0.15) is 8.78 Å². The fourth-order valence-corrected chi connectivity index (χ4v) is 10.4. The zero-order valence-electron chi connectivity index (χ0n) is 24.3. The number of benzene rings is 3. The van der Waals surface area contributed by atoms with Crippen LogP contribution in [0.15, 0.2) is 121 Å². The Balaban J connectivity index is 1.50. The van der Waals surface area contributed by atoms with Crippen molar-refractivity contribution in [2.45, 2.75) is 50.7 Å². The van der Waals surface area contributed by atoms with E-state index in [0.29, 0.717) is 6.42 Å². The van der Waals surface area contributed by atoms with Gasteiger partial charge in [-0.25, -0.2) is 4.98 Å². The maximum absolute atomic E-state index is 15.6. The molecule has 220 valence electrons.